The Labute approximate surface area is 124 Å². The molecule has 4 nitrogen and oxygen atoms in total. The summed E-state index contributed by atoms with van der Waals surface area (Å²) in [4.78, 5) is 6.38. The third kappa shape index (κ3) is 4.63. The van der Waals surface area contributed by atoms with E-state index in [1.165, 1.54) is 6.07 Å². The van der Waals surface area contributed by atoms with Gasteiger partial charge in [-0.1, -0.05) is 19.1 Å². The highest BCUT2D eigenvalue weighted by atomic mass is 19.1. The molecule has 0 bridgehead atoms. The summed E-state index contributed by atoms with van der Waals surface area (Å²) in [5.41, 5.74) is 1.81. The van der Waals surface area contributed by atoms with Crippen LogP contribution in [0.5, 0.6) is 0 Å². The van der Waals surface area contributed by atoms with E-state index < -0.39 is 12.9 Å². The molecule has 0 unspecified atom stereocenters. The lowest BCUT2D eigenvalue weighted by molar-refractivity contribution is 0.268. The highest BCUT2D eigenvalue weighted by molar-refractivity contribution is 6.58. The summed E-state index contributed by atoms with van der Waals surface area (Å²) in [6, 6.07) is 9.88. The van der Waals surface area contributed by atoms with Gasteiger partial charge in [-0.25, -0.2) is 4.39 Å². The first-order valence-electron chi connectivity index (χ1n) is 6.86. The van der Waals surface area contributed by atoms with Gasteiger partial charge >= 0.3 is 7.12 Å². The maximum Gasteiger partial charge on any atom is 0.488 e. The molecular formula is C15H18BFN2O2. The largest absolute Gasteiger partial charge is 0.488 e. The zero-order valence-corrected chi connectivity index (χ0v) is 11.9. The van der Waals surface area contributed by atoms with Gasteiger partial charge in [0.1, 0.15) is 5.82 Å². The first-order chi connectivity index (χ1) is 10.1. The summed E-state index contributed by atoms with van der Waals surface area (Å²) in [6.07, 6.45) is 1.74. The Balaban J connectivity index is 2.11. The second-order valence-electron chi connectivity index (χ2n) is 4.89. The minimum absolute atomic E-state index is 0.166. The van der Waals surface area contributed by atoms with E-state index in [0.717, 1.165) is 18.3 Å². The Morgan fingerprint density at radius 1 is 1.19 bits per heavy atom. The van der Waals surface area contributed by atoms with E-state index in [1.54, 1.807) is 12.3 Å². The molecule has 0 aliphatic heterocycles. The van der Waals surface area contributed by atoms with Crippen LogP contribution in [0, 0.1) is 5.82 Å². The fourth-order valence-corrected chi connectivity index (χ4v) is 2.17. The standard InChI is InChI=1S/C15H18BFN2O2/c1-2-19(11-15-5-3-4-6-18-15)10-12-7-13(16(20)21)9-14(17)8-12/h3-9,20-21H,2,10-11H2,1H3. The van der Waals surface area contributed by atoms with Crippen LogP contribution in [0.2, 0.25) is 0 Å². The highest BCUT2D eigenvalue weighted by Crippen LogP contribution is 2.09. The molecule has 110 valence electrons. The minimum atomic E-state index is -1.66. The topological polar surface area (TPSA) is 56.6 Å². The Kier molecular flexibility index (Phi) is 5.44. The van der Waals surface area contributed by atoms with Gasteiger partial charge in [-0.2, -0.15) is 0 Å². The van der Waals surface area contributed by atoms with E-state index in [4.69, 9.17) is 10.0 Å². The van der Waals surface area contributed by atoms with Crippen molar-refractivity contribution >= 4 is 12.6 Å². The Bertz CT molecular complexity index is 581. The monoisotopic (exact) mass is 288 g/mol. The molecule has 0 aliphatic rings. The van der Waals surface area contributed by atoms with E-state index in [1.807, 2.05) is 25.1 Å². The summed E-state index contributed by atoms with van der Waals surface area (Å²) < 4.78 is 13.5. The van der Waals surface area contributed by atoms with Crippen LogP contribution in [0.3, 0.4) is 0 Å². The quantitative estimate of drug-likeness (QED) is 0.776. The molecule has 0 saturated carbocycles. The molecule has 0 radical (unpaired) electrons. The molecule has 2 aromatic rings. The van der Waals surface area contributed by atoms with Gasteiger partial charge in [-0.15, -0.1) is 0 Å². The van der Waals surface area contributed by atoms with Gasteiger partial charge in [0.25, 0.3) is 0 Å². The number of rotatable bonds is 6. The summed E-state index contributed by atoms with van der Waals surface area (Å²) in [5, 5.41) is 18.3. The molecule has 1 heterocycles. The van der Waals surface area contributed by atoms with Crippen LogP contribution in [-0.4, -0.2) is 33.6 Å². The van der Waals surface area contributed by atoms with Crippen molar-refractivity contribution in [1.29, 1.82) is 0 Å². The lowest BCUT2D eigenvalue weighted by Crippen LogP contribution is -2.31. The normalized spacial score (nSPS) is 10.9. The number of pyridine rings is 1. The van der Waals surface area contributed by atoms with Crippen molar-refractivity contribution in [3.63, 3.8) is 0 Å². The molecule has 0 saturated heterocycles. The fraction of sp³-hybridized carbons (Fsp3) is 0.267. The molecule has 0 fully saturated rings. The van der Waals surface area contributed by atoms with Crippen molar-refractivity contribution in [1.82, 2.24) is 9.88 Å². The summed E-state index contributed by atoms with van der Waals surface area (Å²) in [6.45, 7) is 3.98. The highest BCUT2D eigenvalue weighted by Gasteiger charge is 2.14. The molecule has 0 aliphatic carbocycles. The molecule has 0 atom stereocenters. The second kappa shape index (κ2) is 7.31. The Hall–Kier alpha value is -1.76. The zero-order valence-electron chi connectivity index (χ0n) is 11.9. The summed E-state index contributed by atoms with van der Waals surface area (Å²) >= 11 is 0. The van der Waals surface area contributed by atoms with Gasteiger partial charge in [0.2, 0.25) is 0 Å². The van der Waals surface area contributed by atoms with Crippen LogP contribution in [0.4, 0.5) is 4.39 Å². The van der Waals surface area contributed by atoms with Crippen LogP contribution < -0.4 is 5.46 Å². The molecule has 21 heavy (non-hydrogen) atoms. The molecule has 2 N–H and O–H groups in total. The second-order valence-corrected chi connectivity index (χ2v) is 4.89. The van der Waals surface area contributed by atoms with Crippen LogP contribution in [-0.2, 0) is 13.1 Å². The molecule has 1 aromatic heterocycles. The van der Waals surface area contributed by atoms with Gasteiger partial charge in [-0.3, -0.25) is 9.88 Å². The maximum absolute atomic E-state index is 13.5. The van der Waals surface area contributed by atoms with Crippen LogP contribution >= 0.6 is 0 Å². The van der Waals surface area contributed by atoms with E-state index in [0.29, 0.717) is 18.7 Å². The van der Waals surface area contributed by atoms with Crippen molar-refractivity contribution in [2.45, 2.75) is 20.0 Å². The van der Waals surface area contributed by atoms with E-state index in [-0.39, 0.29) is 5.46 Å². The molecule has 0 amide bonds. The predicted octanol–water partition coefficient (Wildman–Crippen LogP) is 0.923. The first-order valence-corrected chi connectivity index (χ1v) is 6.86. The third-order valence-corrected chi connectivity index (χ3v) is 3.24. The number of benzene rings is 1. The van der Waals surface area contributed by atoms with Gasteiger partial charge in [0.05, 0.1) is 5.69 Å². The minimum Gasteiger partial charge on any atom is -0.423 e. The maximum atomic E-state index is 13.5. The van der Waals surface area contributed by atoms with Gasteiger partial charge in [0.15, 0.2) is 0 Å². The smallest absolute Gasteiger partial charge is 0.423 e. The van der Waals surface area contributed by atoms with E-state index >= 15 is 0 Å². The Morgan fingerprint density at radius 3 is 2.62 bits per heavy atom. The fourth-order valence-electron chi connectivity index (χ4n) is 2.17. The molecule has 1 aromatic carbocycles. The summed E-state index contributed by atoms with van der Waals surface area (Å²) in [7, 11) is -1.66. The zero-order chi connectivity index (χ0) is 15.2. The van der Waals surface area contributed by atoms with Crippen LogP contribution in [0.1, 0.15) is 18.2 Å². The number of aromatic nitrogens is 1. The molecule has 6 heteroatoms. The number of halogens is 1. The van der Waals surface area contributed by atoms with Crippen molar-refractivity contribution in [3.05, 3.63) is 59.7 Å². The van der Waals surface area contributed by atoms with Crippen molar-refractivity contribution < 1.29 is 14.4 Å². The lowest BCUT2D eigenvalue weighted by atomic mass is 9.79. The van der Waals surface area contributed by atoms with Crippen molar-refractivity contribution in [2.75, 3.05) is 6.54 Å². The van der Waals surface area contributed by atoms with Crippen molar-refractivity contribution in [2.24, 2.45) is 0 Å². The van der Waals surface area contributed by atoms with Gasteiger partial charge in [-0.05, 0) is 41.8 Å². The predicted molar refractivity (Wildman–Crippen MR) is 80.3 cm³/mol. The average molecular weight is 288 g/mol. The number of nitrogens with zero attached hydrogens (tertiary/aromatic N) is 2. The summed E-state index contributed by atoms with van der Waals surface area (Å²) in [5.74, 6) is -0.468. The van der Waals surface area contributed by atoms with Gasteiger partial charge < -0.3 is 10.0 Å². The molecule has 0 spiro atoms. The molecular weight excluding hydrogens is 270 g/mol. The van der Waals surface area contributed by atoms with E-state index in [2.05, 4.69) is 9.88 Å². The van der Waals surface area contributed by atoms with E-state index in [9.17, 15) is 4.39 Å². The number of hydrogen-bond acceptors (Lipinski definition) is 4. The Morgan fingerprint density at radius 2 is 2.00 bits per heavy atom. The SMILES string of the molecule is CCN(Cc1cc(F)cc(B(O)O)c1)Cc1ccccn1. The van der Waals surface area contributed by atoms with Gasteiger partial charge in [0, 0.05) is 19.3 Å². The molecule has 2 rings (SSSR count). The van der Waals surface area contributed by atoms with Crippen LogP contribution in [0.15, 0.2) is 42.6 Å². The first kappa shape index (κ1) is 15.6. The third-order valence-electron chi connectivity index (χ3n) is 3.24. The van der Waals surface area contributed by atoms with Crippen molar-refractivity contribution in [3.8, 4) is 0 Å². The number of hydrogen-bond donors (Lipinski definition) is 2. The average Bonchev–Trinajstić information content (AvgIpc) is 2.47. The lowest BCUT2D eigenvalue weighted by Gasteiger charge is -2.20. The van der Waals surface area contributed by atoms with Crippen LogP contribution in [0.25, 0.3) is 0 Å².